The molecule has 0 saturated heterocycles. The lowest BCUT2D eigenvalue weighted by Crippen LogP contribution is -2.32. The molecule has 4 rings (SSSR count). The zero-order chi connectivity index (χ0) is 24.2. The maximum Gasteiger partial charge on any atom is 0.278 e. The van der Waals surface area contributed by atoms with Crippen molar-refractivity contribution in [2.24, 2.45) is 0 Å². The first-order valence-electron chi connectivity index (χ1n) is 10.5. The molecule has 0 radical (unpaired) electrons. The minimum Gasteiger partial charge on any atom is -0.497 e. The fourth-order valence-corrected chi connectivity index (χ4v) is 3.64. The van der Waals surface area contributed by atoms with Crippen LogP contribution in [0.4, 0.5) is 15.8 Å². The highest BCUT2D eigenvalue weighted by Gasteiger charge is 2.39. The second-order valence-electron chi connectivity index (χ2n) is 7.65. The van der Waals surface area contributed by atoms with Gasteiger partial charge in [-0.15, -0.1) is 0 Å². The van der Waals surface area contributed by atoms with Crippen molar-refractivity contribution in [3.63, 3.8) is 0 Å². The number of carbonyl (C=O) groups is 3. The summed E-state index contributed by atoms with van der Waals surface area (Å²) in [4.78, 5) is 39.0. The summed E-state index contributed by atoms with van der Waals surface area (Å²) < 4.78 is 19.4. The Balaban J connectivity index is 1.70. The molecule has 34 heavy (non-hydrogen) atoms. The molecule has 0 atom stereocenters. The number of hydrogen-bond donors (Lipinski definition) is 2. The molecule has 0 aliphatic carbocycles. The second-order valence-corrected chi connectivity index (χ2v) is 7.65. The summed E-state index contributed by atoms with van der Waals surface area (Å²) in [7, 11) is 1.53. The van der Waals surface area contributed by atoms with E-state index in [1.54, 1.807) is 60.7 Å². The van der Waals surface area contributed by atoms with Gasteiger partial charge >= 0.3 is 0 Å². The van der Waals surface area contributed by atoms with Crippen molar-refractivity contribution < 1.29 is 23.5 Å². The van der Waals surface area contributed by atoms with E-state index in [1.165, 1.54) is 26.2 Å². The Labute approximate surface area is 195 Å². The van der Waals surface area contributed by atoms with Gasteiger partial charge in [-0.2, -0.15) is 0 Å². The summed E-state index contributed by atoms with van der Waals surface area (Å²) >= 11 is 0. The van der Waals surface area contributed by atoms with Gasteiger partial charge in [-0.3, -0.25) is 19.3 Å². The van der Waals surface area contributed by atoms with E-state index in [-0.39, 0.29) is 29.3 Å². The maximum absolute atomic E-state index is 14.3. The normalized spacial score (nSPS) is 13.3. The van der Waals surface area contributed by atoms with E-state index >= 15 is 0 Å². The molecule has 1 aliphatic rings. The van der Waals surface area contributed by atoms with Crippen molar-refractivity contribution in [3.05, 3.63) is 95.4 Å². The van der Waals surface area contributed by atoms with Crippen molar-refractivity contribution >= 4 is 34.7 Å². The van der Waals surface area contributed by atoms with Gasteiger partial charge < -0.3 is 15.4 Å². The monoisotopic (exact) mass is 459 g/mol. The highest BCUT2D eigenvalue weighted by atomic mass is 19.1. The van der Waals surface area contributed by atoms with Gasteiger partial charge in [-0.25, -0.2) is 4.39 Å². The number of rotatable bonds is 7. The van der Waals surface area contributed by atoms with Crippen LogP contribution in [0.2, 0.25) is 0 Å². The number of anilines is 2. The van der Waals surface area contributed by atoms with Crippen LogP contribution in [0.15, 0.2) is 78.5 Å². The molecule has 3 amide bonds. The van der Waals surface area contributed by atoms with E-state index < -0.39 is 17.6 Å². The number of halogens is 1. The summed E-state index contributed by atoms with van der Waals surface area (Å²) in [5, 5.41) is 5.71. The second kappa shape index (κ2) is 9.58. The highest BCUT2D eigenvalue weighted by Crippen LogP contribution is 2.32. The summed E-state index contributed by atoms with van der Waals surface area (Å²) in [6, 6.07) is 19.5. The van der Waals surface area contributed by atoms with Crippen LogP contribution in [-0.2, 0) is 20.9 Å². The Morgan fingerprint density at radius 2 is 1.56 bits per heavy atom. The van der Waals surface area contributed by atoms with Crippen LogP contribution < -0.4 is 15.4 Å². The minimum atomic E-state index is -0.565. The fourth-order valence-electron chi connectivity index (χ4n) is 3.64. The Morgan fingerprint density at radius 1 is 0.912 bits per heavy atom. The standard InChI is InChI=1S/C26H22FN3O4/c1-16(31)28-19-9-11-20(12-10-19)29-24-23(17-7-13-21(34-2)14-8-17)25(32)30(26(24)33)15-18-5-3-4-6-22(18)27/h3-14,29H,15H2,1-2H3,(H,28,31). The molecule has 2 N–H and O–H groups in total. The van der Waals surface area contributed by atoms with E-state index in [0.717, 1.165) is 4.90 Å². The van der Waals surface area contributed by atoms with E-state index in [0.29, 0.717) is 22.7 Å². The molecule has 0 spiro atoms. The molecule has 1 heterocycles. The molecule has 172 valence electrons. The minimum absolute atomic E-state index is 0.0822. The number of nitrogens with one attached hydrogen (secondary N) is 2. The molecule has 0 saturated carbocycles. The van der Waals surface area contributed by atoms with E-state index in [2.05, 4.69) is 10.6 Å². The lowest BCUT2D eigenvalue weighted by molar-refractivity contribution is -0.137. The van der Waals surface area contributed by atoms with Gasteiger partial charge in [0, 0.05) is 23.9 Å². The van der Waals surface area contributed by atoms with Crippen LogP contribution >= 0.6 is 0 Å². The molecule has 3 aromatic rings. The largest absolute Gasteiger partial charge is 0.497 e. The smallest absolute Gasteiger partial charge is 0.278 e. The van der Waals surface area contributed by atoms with Gasteiger partial charge in [0.2, 0.25) is 5.91 Å². The topological polar surface area (TPSA) is 87.7 Å². The predicted molar refractivity (Wildman–Crippen MR) is 126 cm³/mol. The van der Waals surface area contributed by atoms with Gasteiger partial charge in [0.05, 0.1) is 19.2 Å². The predicted octanol–water partition coefficient (Wildman–Crippen LogP) is 4.18. The molecule has 0 unspecified atom stereocenters. The molecule has 7 nitrogen and oxygen atoms in total. The Morgan fingerprint density at radius 3 is 2.18 bits per heavy atom. The molecular formula is C26H22FN3O4. The number of carbonyl (C=O) groups excluding carboxylic acids is 3. The number of nitrogens with zero attached hydrogens (tertiary/aromatic N) is 1. The van der Waals surface area contributed by atoms with Gasteiger partial charge in [-0.05, 0) is 48.0 Å². The highest BCUT2D eigenvalue weighted by molar-refractivity contribution is 6.36. The van der Waals surface area contributed by atoms with Crippen LogP contribution in [-0.4, -0.2) is 29.7 Å². The van der Waals surface area contributed by atoms with Crippen LogP contribution in [0.1, 0.15) is 18.1 Å². The number of benzene rings is 3. The fraction of sp³-hybridized carbons (Fsp3) is 0.115. The van der Waals surface area contributed by atoms with Gasteiger partial charge in [0.25, 0.3) is 11.8 Å². The average molecular weight is 459 g/mol. The third-order valence-electron chi connectivity index (χ3n) is 5.31. The number of methoxy groups -OCH3 is 1. The van der Waals surface area contributed by atoms with Crippen LogP contribution in [0, 0.1) is 5.82 Å². The number of imide groups is 1. The van der Waals surface area contributed by atoms with Gasteiger partial charge in [0.15, 0.2) is 0 Å². The number of hydrogen-bond acceptors (Lipinski definition) is 5. The van der Waals surface area contributed by atoms with E-state index in [9.17, 15) is 18.8 Å². The Hall–Kier alpha value is -4.46. The molecule has 1 aliphatic heterocycles. The molecule has 0 fully saturated rings. The van der Waals surface area contributed by atoms with Crippen molar-refractivity contribution in [2.75, 3.05) is 17.7 Å². The Kier molecular flexibility index (Phi) is 6.40. The van der Waals surface area contributed by atoms with Crippen LogP contribution in [0.5, 0.6) is 5.75 Å². The molecule has 8 heteroatoms. The van der Waals surface area contributed by atoms with Crippen molar-refractivity contribution in [3.8, 4) is 5.75 Å². The lowest BCUT2D eigenvalue weighted by atomic mass is 10.0. The summed E-state index contributed by atoms with van der Waals surface area (Å²) in [6.45, 7) is 1.21. The molecule has 3 aromatic carbocycles. The third-order valence-corrected chi connectivity index (χ3v) is 5.31. The molecule has 0 aromatic heterocycles. The number of ether oxygens (including phenoxy) is 1. The summed E-state index contributed by atoms with van der Waals surface area (Å²) in [6.07, 6.45) is 0. The molecular weight excluding hydrogens is 437 g/mol. The SMILES string of the molecule is COc1ccc(C2=C(Nc3ccc(NC(C)=O)cc3)C(=O)N(Cc3ccccc3F)C2=O)cc1. The van der Waals surface area contributed by atoms with Crippen molar-refractivity contribution in [1.82, 2.24) is 4.90 Å². The van der Waals surface area contributed by atoms with Crippen LogP contribution in [0.3, 0.4) is 0 Å². The lowest BCUT2D eigenvalue weighted by Gasteiger charge is -2.16. The van der Waals surface area contributed by atoms with Gasteiger partial charge in [0.1, 0.15) is 17.3 Å². The van der Waals surface area contributed by atoms with Crippen molar-refractivity contribution in [2.45, 2.75) is 13.5 Å². The van der Waals surface area contributed by atoms with E-state index in [1.807, 2.05) is 0 Å². The zero-order valence-corrected chi connectivity index (χ0v) is 18.6. The first kappa shape index (κ1) is 22.7. The molecule has 0 bridgehead atoms. The quantitative estimate of drug-likeness (QED) is 0.518. The number of amides is 3. The average Bonchev–Trinajstić information content (AvgIpc) is 3.05. The third kappa shape index (κ3) is 4.66. The first-order valence-corrected chi connectivity index (χ1v) is 10.5. The van der Waals surface area contributed by atoms with Crippen molar-refractivity contribution in [1.29, 1.82) is 0 Å². The van der Waals surface area contributed by atoms with E-state index in [4.69, 9.17) is 4.74 Å². The zero-order valence-electron chi connectivity index (χ0n) is 18.6. The summed E-state index contributed by atoms with van der Waals surface area (Å²) in [5.41, 5.74) is 2.15. The van der Waals surface area contributed by atoms with Crippen LogP contribution in [0.25, 0.3) is 5.57 Å². The Bertz CT molecular complexity index is 1280. The first-order chi connectivity index (χ1) is 16.4. The van der Waals surface area contributed by atoms with Gasteiger partial charge in [-0.1, -0.05) is 30.3 Å². The summed E-state index contributed by atoms with van der Waals surface area (Å²) in [5.74, 6) is -1.19. The maximum atomic E-state index is 14.3.